The summed E-state index contributed by atoms with van der Waals surface area (Å²) in [6, 6.07) is 7.18. The third-order valence-electron chi connectivity index (χ3n) is 4.92. The summed E-state index contributed by atoms with van der Waals surface area (Å²) in [6.45, 7) is 5.00. The van der Waals surface area contributed by atoms with Gasteiger partial charge in [-0.1, -0.05) is 12.1 Å². The van der Waals surface area contributed by atoms with Crippen LogP contribution in [0.15, 0.2) is 24.3 Å². The highest BCUT2D eigenvalue weighted by atomic mass is 35.5. The Labute approximate surface area is 167 Å². The van der Waals surface area contributed by atoms with E-state index in [2.05, 4.69) is 4.90 Å². The van der Waals surface area contributed by atoms with Crippen LogP contribution in [0.25, 0.3) is 0 Å². The number of hydrogen-bond acceptors (Lipinski definition) is 4. The number of piperidine rings is 1. The fraction of sp³-hybridized carbons (Fsp3) is 0.556. The van der Waals surface area contributed by atoms with Crippen molar-refractivity contribution in [2.24, 2.45) is 0 Å². The number of nitrogen functional groups attached to an aromatic ring is 1. The van der Waals surface area contributed by atoms with Crippen LogP contribution >= 0.6 is 24.8 Å². The smallest absolute Gasteiger partial charge is 0.256 e. The van der Waals surface area contributed by atoms with E-state index in [0.717, 1.165) is 39.0 Å². The molecule has 0 aliphatic carbocycles. The average Bonchev–Trinajstić information content (AvgIpc) is 2.63. The molecule has 2 N–H and O–H groups in total. The second-order valence-corrected chi connectivity index (χ2v) is 6.60. The monoisotopic (exact) mass is 402 g/mol. The van der Waals surface area contributed by atoms with Gasteiger partial charge in [0.25, 0.3) is 5.91 Å². The van der Waals surface area contributed by atoms with Gasteiger partial charge in [-0.05, 0) is 31.4 Å². The zero-order valence-electron chi connectivity index (χ0n) is 14.9. The molecule has 1 aromatic carbocycles. The first kappa shape index (κ1) is 22.5. The Morgan fingerprint density at radius 2 is 1.46 bits per heavy atom. The second kappa shape index (κ2) is 10.6. The molecule has 0 atom stereocenters. The van der Waals surface area contributed by atoms with Gasteiger partial charge in [0.1, 0.15) is 0 Å². The average molecular weight is 403 g/mol. The van der Waals surface area contributed by atoms with E-state index in [0.29, 0.717) is 30.9 Å². The van der Waals surface area contributed by atoms with Crippen LogP contribution in [0.2, 0.25) is 0 Å². The Kier molecular flexibility index (Phi) is 9.19. The Hall–Kier alpha value is -1.50. The van der Waals surface area contributed by atoms with Crippen LogP contribution in [0.3, 0.4) is 0 Å². The molecule has 26 heavy (non-hydrogen) atoms. The van der Waals surface area contributed by atoms with Gasteiger partial charge in [0.15, 0.2) is 0 Å². The quantitative estimate of drug-likeness (QED) is 0.783. The molecule has 2 amide bonds. The van der Waals surface area contributed by atoms with E-state index >= 15 is 0 Å². The number of anilines is 1. The van der Waals surface area contributed by atoms with Gasteiger partial charge in [-0.25, -0.2) is 0 Å². The molecule has 0 aromatic heterocycles. The van der Waals surface area contributed by atoms with Crippen LogP contribution in [0.4, 0.5) is 5.69 Å². The van der Waals surface area contributed by atoms with Gasteiger partial charge >= 0.3 is 0 Å². The first-order chi connectivity index (χ1) is 11.6. The van der Waals surface area contributed by atoms with Gasteiger partial charge in [0, 0.05) is 45.0 Å². The van der Waals surface area contributed by atoms with Crippen molar-refractivity contribution in [3.63, 3.8) is 0 Å². The third kappa shape index (κ3) is 5.50. The summed E-state index contributed by atoms with van der Waals surface area (Å²) < 4.78 is 0. The maximum atomic E-state index is 12.5. The minimum absolute atomic E-state index is 0. The molecule has 0 radical (unpaired) electrons. The normalized spacial score (nSPS) is 17.8. The fourth-order valence-electron chi connectivity index (χ4n) is 3.41. The molecule has 0 bridgehead atoms. The SMILES string of the molecule is Cl.Cl.Nc1ccccc1C(=O)N1CCN(CC(=O)N2CCCCC2)CC1. The Morgan fingerprint density at radius 1 is 0.846 bits per heavy atom. The number of likely N-dealkylation sites (tertiary alicyclic amines) is 1. The van der Waals surface area contributed by atoms with Crippen molar-refractivity contribution in [3.8, 4) is 0 Å². The van der Waals surface area contributed by atoms with E-state index in [1.807, 2.05) is 21.9 Å². The summed E-state index contributed by atoms with van der Waals surface area (Å²) in [5.41, 5.74) is 6.98. The van der Waals surface area contributed by atoms with E-state index in [9.17, 15) is 9.59 Å². The van der Waals surface area contributed by atoms with Crippen molar-refractivity contribution in [2.45, 2.75) is 19.3 Å². The number of piperazine rings is 1. The van der Waals surface area contributed by atoms with Crippen molar-refractivity contribution in [2.75, 3.05) is 51.5 Å². The number of carbonyl (C=O) groups is 2. The summed E-state index contributed by atoms with van der Waals surface area (Å²) in [4.78, 5) is 30.8. The van der Waals surface area contributed by atoms with Crippen LogP contribution in [0, 0.1) is 0 Å². The zero-order valence-corrected chi connectivity index (χ0v) is 16.6. The molecular formula is C18H28Cl2N4O2. The predicted molar refractivity (Wildman–Crippen MR) is 108 cm³/mol. The molecule has 2 saturated heterocycles. The largest absolute Gasteiger partial charge is 0.398 e. The molecule has 146 valence electrons. The molecular weight excluding hydrogens is 375 g/mol. The molecule has 6 nitrogen and oxygen atoms in total. The van der Waals surface area contributed by atoms with Crippen LogP contribution in [0.1, 0.15) is 29.6 Å². The lowest BCUT2D eigenvalue weighted by Gasteiger charge is -2.36. The molecule has 8 heteroatoms. The Balaban J connectivity index is 0.00000169. The molecule has 2 heterocycles. The second-order valence-electron chi connectivity index (χ2n) is 6.60. The standard InChI is InChI=1S/C18H26N4O2.2ClH/c19-16-7-3-2-6-15(16)18(24)22-12-10-20(11-13-22)14-17(23)21-8-4-1-5-9-21;;/h2-3,6-7H,1,4-5,8-14,19H2;2*1H. The Bertz CT molecular complexity index is 601. The lowest BCUT2D eigenvalue weighted by Crippen LogP contribution is -2.52. The molecule has 2 aliphatic rings. The van der Waals surface area contributed by atoms with Gasteiger partial charge in [-0.3, -0.25) is 14.5 Å². The van der Waals surface area contributed by atoms with E-state index in [1.165, 1.54) is 6.42 Å². The van der Waals surface area contributed by atoms with Crippen molar-refractivity contribution in [1.82, 2.24) is 14.7 Å². The maximum absolute atomic E-state index is 12.5. The molecule has 2 aliphatic heterocycles. The van der Waals surface area contributed by atoms with Crippen molar-refractivity contribution in [1.29, 1.82) is 0 Å². The number of carbonyl (C=O) groups excluding carboxylic acids is 2. The summed E-state index contributed by atoms with van der Waals surface area (Å²) in [5.74, 6) is 0.205. The molecule has 0 unspecified atom stereocenters. The topological polar surface area (TPSA) is 69.9 Å². The number of nitrogens with two attached hydrogens (primary N) is 1. The summed E-state index contributed by atoms with van der Waals surface area (Å²) in [6.07, 6.45) is 3.46. The van der Waals surface area contributed by atoms with Gasteiger partial charge in [-0.2, -0.15) is 0 Å². The Morgan fingerprint density at radius 3 is 2.08 bits per heavy atom. The number of amides is 2. The summed E-state index contributed by atoms with van der Waals surface area (Å²) in [5, 5.41) is 0. The minimum Gasteiger partial charge on any atom is -0.398 e. The third-order valence-corrected chi connectivity index (χ3v) is 4.92. The highest BCUT2D eigenvalue weighted by Gasteiger charge is 2.25. The van der Waals surface area contributed by atoms with Crippen LogP contribution in [-0.2, 0) is 4.79 Å². The molecule has 3 rings (SSSR count). The number of para-hydroxylation sites is 1. The van der Waals surface area contributed by atoms with E-state index in [-0.39, 0.29) is 36.6 Å². The van der Waals surface area contributed by atoms with E-state index in [4.69, 9.17) is 5.73 Å². The van der Waals surface area contributed by atoms with Crippen LogP contribution < -0.4 is 5.73 Å². The molecule has 0 spiro atoms. The number of rotatable bonds is 3. The van der Waals surface area contributed by atoms with Gasteiger partial charge in [-0.15, -0.1) is 24.8 Å². The fourth-order valence-corrected chi connectivity index (χ4v) is 3.41. The lowest BCUT2D eigenvalue weighted by molar-refractivity contribution is -0.133. The van der Waals surface area contributed by atoms with Crippen molar-refractivity contribution < 1.29 is 9.59 Å². The van der Waals surface area contributed by atoms with Gasteiger partial charge < -0.3 is 15.5 Å². The highest BCUT2D eigenvalue weighted by Crippen LogP contribution is 2.15. The van der Waals surface area contributed by atoms with E-state index in [1.54, 1.807) is 12.1 Å². The van der Waals surface area contributed by atoms with Crippen LogP contribution in [0.5, 0.6) is 0 Å². The lowest BCUT2D eigenvalue weighted by atomic mass is 10.1. The highest BCUT2D eigenvalue weighted by molar-refractivity contribution is 5.99. The first-order valence-corrected chi connectivity index (χ1v) is 8.79. The van der Waals surface area contributed by atoms with E-state index < -0.39 is 0 Å². The van der Waals surface area contributed by atoms with Crippen LogP contribution in [-0.4, -0.2) is 72.3 Å². The number of benzene rings is 1. The molecule has 1 aromatic rings. The number of halogens is 2. The minimum atomic E-state index is -0.0184. The zero-order chi connectivity index (χ0) is 16.9. The van der Waals surface area contributed by atoms with Crippen molar-refractivity contribution >= 4 is 42.3 Å². The van der Waals surface area contributed by atoms with Gasteiger partial charge in [0.05, 0.1) is 12.1 Å². The molecule has 2 fully saturated rings. The van der Waals surface area contributed by atoms with Crippen molar-refractivity contribution in [3.05, 3.63) is 29.8 Å². The first-order valence-electron chi connectivity index (χ1n) is 8.79. The number of hydrogen-bond donors (Lipinski definition) is 1. The van der Waals surface area contributed by atoms with Gasteiger partial charge in [0.2, 0.25) is 5.91 Å². The summed E-state index contributed by atoms with van der Waals surface area (Å²) in [7, 11) is 0. The summed E-state index contributed by atoms with van der Waals surface area (Å²) >= 11 is 0. The molecule has 0 saturated carbocycles. The number of nitrogens with zero attached hydrogens (tertiary/aromatic N) is 3. The maximum Gasteiger partial charge on any atom is 0.256 e. The predicted octanol–water partition coefficient (Wildman–Crippen LogP) is 1.88.